The van der Waals surface area contributed by atoms with Crippen molar-refractivity contribution >= 4 is 74.9 Å². The summed E-state index contributed by atoms with van der Waals surface area (Å²) in [6.45, 7) is 1.48. The quantitative estimate of drug-likeness (QED) is 0.0833. The number of aromatic nitrogens is 2. The lowest BCUT2D eigenvalue weighted by Gasteiger charge is -2.23. The Hall–Kier alpha value is -3.87. The number of hydrogen-bond acceptors (Lipinski definition) is 7. The van der Waals surface area contributed by atoms with Gasteiger partial charge in [-0.25, -0.2) is 4.98 Å². The molecule has 5 aromatic rings. The minimum atomic E-state index is -0.692. The highest BCUT2D eigenvalue weighted by molar-refractivity contribution is 6.42. The van der Waals surface area contributed by atoms with E-state index in [0.29, 0.717) is 63.2 Å². The van der Waals surface area contributed by atoms with Crippen LogP contribution < -0.4 is 21.3 Å². The second-order valence-electron chi connectivity index (χ2n) is 11.6. The van der Waals surface area contributed by atoms with Gasteiger partial charge in [0.15, 0.2) is 0 Å². The molecule has 0 radical (unpaired) electrons. The Bertz CT molecular complexity index is 1960. The second-order valence-corrected chi connectivity index (χ2v) is 13.3. The van der Waals surface area contributed by atoms with Crippen molar-refractivity contribution in [2.24, 2.45) is 5.73 Å². The van der Waals surface area contributed by atoms with Crippen LogP contribution in [0.2, 0.25) is 20.1 Å². The number of carbonyl (C=O) groups is 2. The molecular formula is C36H36Cl4N6O4. The zero-order chi connectivity index (χ0) is 35.8. The highest BCUT2D eigenvalue weighted by atomic mass is 35.5. The third-order valence-corrected chi connectivity index (χ3v) is 9.55. The molecule has 0 aliphatic rings. The van der Waals surface area contributed by atoms with E-state index < -0.39 is 11.9 Å². The standard InChI is InChI=1S/C36H36Cl4N6O4/c37-27-8-1-22(15-29(27)39)19-42-20-35(50)43-31(18-34(41)49)25-5-10-33-32(17-25)44-36(46(33)21-23-2-9-28(38)30(40)16-23)24-3-6-26(7-4-24)45(11-13-47)12-14-48/h1-10,15-17,31,42,47-48H,11-14,18-21H2,(H2,41,49)(H,43,50). The maximum Gasteiger partial charge on any atom is 0.234 e. The Balaban J connectivity index is 1.44. The molecule has 50 heavy (non-hydrogen) atoms. The third-order valence-electron chi connectivity index (χ3n) is 8.07. The predicted octanol–water partition coefficient (Wildman–Crippen LogP) is 5.98. The van der Waals surface area contributed by atoms with Crippen molar-refractivity contribution in [1.29, 1.82) is 0 Å². The number of aliphatic hydroxyl groups is 2. The van der Waals surface area contributed by atoms with Gasteiger partial charge in [-0.2, -0.15) is 0 Å². The van der Waals surface area contributed by atoms with Gasteiger partial charge in [0.1, 0.15) is 5.82 Å². The molecule has 0 saturated heterocycles. The van der Waals surface area contributed by atoms with Crippen molar-refractivity contribution in [3.8, 4) is 11.4 Å². The number of rotatable bonds is 16. The Labute approximate surface area is 309 Å². The van der Waals surface area contributed by atoms with Crippen molar-refractivity contribution in [2.75, 3.05) is 37.7 Å². The highest BCUT2D eigenvalue weighted by Gasteiger charge is 2.21. The van der Waals surface area contributed by atoms with E-state index in [1.165, 1.54) is 0 Å². The van der Waals surface area contributed by atoms with Gasteiger partial charge in [0.2, 0.25) is 11.8 Å². The molecule has 0 saturated carbocycles. The number of halogens is 4. The number of benzene rings is 4. The first kappa shape index (κ1) is 37.4. The van der Waals surface area contributed by atoms with E-state index in [1.807, 2.05) is 65.6 Å². The number of nitrogens with zero attached hydrogens (tertiary/aromatic N) is 3. The summed E-state index contributed by atoms with van der Waals surface area (Å²) in [5.74, 6) is -0.215. The fourth-order valence-electron chi connectivity index (χ4n) is 5.67. The van der Waals surface area contributed by atoms with E-state index >= 15 is 0 Å². The molecule has 14 heteroatoms. The van der Waals surface area contributed by atoms with E-state index in [2.05, 4.69) is 15.2 Å². The SMILES string of the molecule is NC(=O)CC(NC(=O)CNCc1ccc(Cl)c(Cl)c1)c1ccc2c(c1)nc(-c1ccc(N(CCO)CCO)cc1)n2Cc1ccc(Cl)c(Cl)c1. The molecule has 4 aromatic carbocycles. The van der Waals surface area contributed by atoms with Crippen molar-refractivity contribution in [3.63, 3.8) is 0 Å². The fraction of sp³-hybridized carbons (Fsp3) is 0.250. The summed E-state index contributed by atoms with van der Waals surface area (Å²) in [7, 11) is 0. The normalized spacial score (nSPS) is 11.9. The number of nitrogens with two attached hydrogens (primary N) is 1. The molecule has 5 rings (SSSR count). The van der Waals surface area contributed by atoms with E-state index in [1.54, 1.807) is 18.2 Å². The van der Waals surface area contributed by atoms with Crippen molar-refractivity contribution in [2.45, 2.75) is 25.6 Å². The average Bonchev–Trinajstić information content (AvgIpc) is 3.44. The van der Waals surface area contributed by atoms with E-state index in [9.17, 15) is 19.8 Å². The van der Waals surface area contributed by atoms with Crippen LogP contribution in [0.1, 0.15) is 29.2 Å². The van der Waals surface area contributed by atoms with Gasteiger partial charge < -0.3 is 36.0 Å². The van der Waals surface area contributed by atoms with Gasteiger partial charge in [0.25, 0.3) is 0 Å². The number of carbonyl (C=O) groups excluding carboxylic acids is 2. The summed E-state index contributed by atoms with van der Waals surface area (Å²) < 4.78 is 2.06. The van der Waals surface area contributed by atoms with Gasteiger partial charge in [-0.15, -0.1) is 0 Å². The van der Waals surface area contributed by atoms with Crippen LogP contribution in [0.25, 0.3) is 22.4 Å². The number of hydrogen-bond donors (Lipinski definition) is 5. The zero-order valence-corrected chi connectivity index (χ0v) is 29.9. The van der Waals surface area contributed by atoms with Gasteiger partial charge in [0, 0.05) is 37.4 Å². The van der Waals surface area contributed by atoms with Crippen molar-refractivity contribution in [3.05, 3.63) is 116 Å². The number of primary amides is 1. The van der Waals surface area contributed by atoms with Crippen LogP contribution in [-0.2, 0) is 22.7 Å². The van der Waals surface area contributed by atoms with Crippen LogP contribution in [0.4, 0.5) is 5.69 Å². The number of anilines is 1. The minimum Gasteiger partial charge on any atom is -0.395 e. The molecule has 0 aliphatic heterocycles. The largest absolute Gasteiger partial charge is 0.395 e. The number of fused-ring (bicyclic) bond motifs is 1. The number of imidazole rings is 1. The summed E-state index contributed by atoms with van der Waals surface area (Å²) in [5, 5.41) is 26.8. The summed E-state index contributed by atoms with van der Waals surface area (Å²) in [6.07, 6.45) is -0.111. The van der Waals surface area contributed by atoms with Crippen LogP contribution in [-0.4, -0.2) is 64.4 Å². The first-order valence-corrected chi connectivity index (χ1v) is 17.3. The Morgan fingerprint density at radius 2 is 1.46 bits per heavy atom. The fourth-order valence-corrected chi connectivity index (χ4v) is 6.31. The molecule has 1 aromatic heterocycles. The Morgan fingerprint density at radius 1 is 0.820 bits per heavy atom. The maximum absolute atomic E-state index is 13.0. The molecule has 0 aliphatic carbocycles. The molecule has 1 unspecified atom stereocenters. The van der Waals surface area contributed by atoms with Gasteiger partial charge in [-0.3, -0.25) is 9.59 Å². The molecule has 1 atom stereocenters. The van der Waals surface area contributed by atoms with Crippen molar-refractivity contribution in [1.82, 2.24) is 20.2 Å². The smallest absolute Gasteiger partial charge is 0.234 e. The molecule has 0 bridgehead atoms. The summed E-state index contributed by atoms with van der Waals surface area (Å²) in [5.41, 5.74) is 11.2. The molecular weight excluding hydrogens is 722 g/mol. The molecule has 0 spiro atoms. The van der Waals surface area contributed by atoms with Gasteiger partial charge in [-0.05, 0) is 77.4 Å². The summed E-state index contributed by atoms with van der Waals surface area (Å²) >= 11 is 24.6. The van der Waals surface area contributed by atoms with Gasteiger partial charge >= 0.3 is 0 Å². The molecule has 1 heterocycles. The Kier molecular flexibility index (Phi) is 13.0. The number of amides is 2. The maximum atomic E-state index is 13.0. The average molecular weight is 759 g/mol. The first-order valence-electron chi connectivity index (χ1n) is 15.8. The van der Waals surface area contributed by atoms with Crippen LogP contribution in [0.15, 0.2) is 78.9 Å². The minimum absolute atomic E-state index is 0.00971. The topological polar surface area (TPSA) is 146 Å². The van der Waals surface area contributed by atoms with Crippen LogP contribution in [0.3, 0.4) is 0 Å². The lowest BCUT2D eigenvalue weighted by Crippen LogP contribution is -2.37. The van der Waals surface area contributed by atoms with Crippen LogP contribution >= 0.6 is 46.4 Å². The highest BCUT2D eigenvalue weighted by Crippen LogP contribution is 2.31. The Morgan fingerprint density at radius 3 is 2.08 bits per heavy atom. The number of aliphatic hydroxyl groups excluding tert-OH is 2. The summed E-state index contributed by atoms with van der Waals surface area (Å²) in [4.78, 5) is 32.0. The van der Waals surface area contributed by atoms with E-state index in [-0.39, 0.29) is 32.1 Å². The van der Waals surface area contributed by atoms with Gasteiger partial charge in [-0.1, -0.05) is 64.6 Å². The third kappa shape index (κ3) is 9.46. The lowest BCUT2D eigenvalue weighted by molar-refractivity contribution is -0.122. The van der Waals surface area contributed by atoms with Crippen LogP contribution in [0.5, 0.6) is 0 Å². The first-order chi connectivity index (χ1) is 24.1. The predicted molar refractivity (Wildman–Crippen MR) is 200 cm³/mol. The molecule has 262 valence electrons. The zero-order valence-electron chi connectivity index (χ0n) is 26.9. The van der Waals surface area contributed by atoms with Gasteiger partial charge in [0.05, 0.1) is 63.3 Å². The van der Waals surface area contributed by atoms with Crippen molar-refractivity contribution < 1.29 is 19.8 Å². The van der Waals surface area contributed by atoms with Crippen LogP contribution in [0, 0.1) is 0 Å². The monoisotopic (exact) mass is 756 g/mol. The van der Waals surface area contributed by atoms with E-state index in [4.69, 9.17) is 57.1 Å². The molecule has 0 fully saturated rings. The lowest BCUT2D eigenvalue weighted by atomic mass is 10.0. The second kappa shape index (κ2) is 17.4. The van der Waals surface area contributed by atoms with E-state index in [0.717, 1.165) is 27.9 Å². The molecule has 6 N–H and O–H groups in total. The molecule has 2 amide bonds. The molecule has 10 nitrogen and oxygen atoms in total. The number of nitrogens with one attached hydrogen (secondary N) is 2. The summed E-state index contributed by atoms with van der Waals surface area (Å²) in [6, 6.07) is 23.3.